The monoisotopic (exact) mass is 292 g/mol. The third kappa shape index (κ3) is 4.72. The predicted octanol–water partition coefficient (Wildman–Crippen LogP) is 1.61. The van der Waals surface area contributed by atoms with Gasteiger partial charge >= 0.3 is 0 Å². The average Bonchev–Trinajstić information content (AvgIpc) is 2.45. The van der Waals surface area contributed by atoms with E-state index in [0.29, 0.717) is 12.5 Å². The molecule has 1 fully saturated rings. The summed E-state index contributed by atoms with van der Waals surface area (Å²) >= 11 is 1.98. The molecule has 5 heteroatoms. The van der Waals surface area contributed by atoms with E-state index in [4.69, 9.17) is 5.73 Å². The number of benzene rings is 1. The fraction of sp³-hybridized carbons (Fsp3) is 0.533. The first-order valence-corrected chi connectivity index (χ1v) is 8.16. The summed E-state index contributed by atoms with van der Waals surface area (Å²) in [5.41, 5.74) is 8.61. The molecule has 0 bridgehead atoms. The van der Waals surface area contributed by atoms with Crippen molar-refractivity contribution in [2.45, 2.75) is 13.1 Å². The summed E-state index contributed by atoms with van der Waals surface area (Å²) in [6.45, 7) is 3.65. The molecule has 0 aliphatic carbocycles. The van der Waals surface area contributed by atoms with Crippen LogP contribution in [-0.2, 0) is 13.1 Å². The van der Waals surface area contributed by atoms with E-state index in [2.05, 4.69) is 53.2 Å². The Morgan fingerprint density at radius 1 is 1.30 bits per heavy atom. The molecule has 1 aromatic rings. The van der Waals surface area contributed by atoms with E-state index in [-0.39, 0.29) is 0 Å². The Morgan fingerprint density at radius 3 is 2.70 bits per heavy atom. The van der Waals surface area contributed by atoms with Gasteiger partial charge in [0.25, 0.3) is 0 Å². The van der Waals surface area contributed by atoms with Crippen LogP contribution in [0.15, 0.2) is 29.3 Å². The molecule has 0 radical (unpaired) electrons. The SMILES string of the molecule is CN(C)Cc1cccc(CN=C(N)N2CCSCC2)c1. The fourth-order valence-electron chi connectivity index (χ4n) is 2.26. The first kappa shape index (κ1) is 15.2. The molecule has 1 aromatic carbocycles. The zero-order chi connectivity index (χ0) is 14.4. The minimum Gasteiger partial charge on any atom is -0.370 e. The maximum atomic E-state index is 6.07. The lowest BCUT2D eigenvalue weighted by atomic mass is 10.1. The molecule has 20 heavy (non-hydrogen) atoms. The van der Waals surface area contributed by atoms with E-state index >= 15 is 0 Å². The molecule has 1 aliphatic rings. The minimum absolute atomic E-state index is 0.663. The van der Waals surface area contributed by atoms with Crippen molar-refractivity contribution in [2.75, 3.05) is 38.7 Å². The second-order valence-electron chi connectivity index (χ2n) is 5.33. The van der Waals surface area contributed by atoms with Crippen LogP contribution < -0.4 is 5.73 Å². The second kappa shape index (κ2) is 7.55. The number of nitrogens with zero attached hydrogens (tertiary/aromatic N) is 3. The van der Waals surface area contributed by atoms with Gasteiger partial charge in [0.05, 0.1) is 6.54 Å². The lowest BCUT2D eigenvalue weighted by Gasteiger charge is -2.27. The van der Waals surface area contributed by atoms with Crippen LogP contribution in [0.25, 0.3) is 0 Å². The van der Waals surface area contributed by atoms with Crippen LogP contribution in [0.2, 0.25) is 0 Å². The summed E-state index contributed by atoms with van der Waals surface area (Å²) in [5, 5.41) is 0. The normalized spacial score (nSPS) is 16.8. The topological polar surface area (TPSA) is 44.9 Å². The number of thioether (sulfide) groups is 1. The van der Waals surface area contributed by atoms with Crippen molar-refractivity contribution in [2.24, 2.45) is 10.7 Å². The number of nitrogens with two attached hydrogens (primary N) is 1. The standard InChI is InChI=1S/C15H24N4S/c1-18(2)12-14-5-3-4-13(10-14)11-17-15(16)19-6-8-20-9-7-19/h3-5,10H,6-9,11-12H2,1-2H3,(H2,16,17). The lowest BCUT2D eigenvalue weighted by Crippen LogP contribution is -2.42. The molecular weight excluding hydrogens is 268 g/mol. The van der Waals surface area contributed by atoms with Crippen LogP contribution in [-0.4, -0.2) is 54.4 Å². The van der Waals surface area contributed by atoms with Crippen LogP contribution >= 0.6 is 11.8 Å². The van der Waals surface area contributed by atoms with Gasteiger partial charge in [0, 0.05) is 31.1 Å². The van der Waals surface area contributed by atoms with Crippen molar-refractivity contribution in [1.82, 2.24) is 9.80 Å². The van der Waals surface area contributed by atoms with Crippen molar-refractivity contribution in [3.63, 3.8) is 0 Å². The van der Waals surface area contributed by atoms with Crippen LogP contribution in [0.5, 0.6) is 0 Å². The van der Waals surface area contributed by atoms with Gasteiger partial charge in [-0.05, 0) is 25.2 Å². The molecular formula is C15H24N4S. The highest BCUT2D eigenvalue weighted by atomic mass is 32.2. The zero-order valence-corrected chi connectivity index (χ0v) is 13.2. The molecule has 0 saturated carbocycles. The van der Waals surface area contributed by atoms with Crippen molar-refractivity contribution in [3.8, 4) is 0 Å². The van der Waals surface area contributed by atoms with Gasteiger partial charge in [-0.3, -0.25) is 0 Å². The van der Waals surface area contributed by atoms with Gasteiger partial charge in [-0.25, -0.2) is 4.99 Å². The van der Waals surface area contributed by atoms with Gasteiger partial charge in [0.2, 0.25) is 0 Å². The van der Waals surface area contributed by atoms with Crippen molar-refractivity contribution in [3.05, 3.63) is 35.4 Å². The number of hydrogen-bond acceptors (Lipinski definition) is 3. The summed E-state index contributed by atoms with van der Waals surface area (Å²) in [7, 11) is 4.16. The predicted molar refractivity (Wildman–Crippen MR) is 88.1 cm³/mol. The summed E-state index contributed by atoms with van der Waals surface area (Å²) in [6.07, 6.45) is 0. The van der Waals surface area contributed by atoms with Crippen LogP contribution in [0.4, 0.5) is 0 Å². The highest BCUT2D eigenvalue weighted by Crippen LogP contribution is 2.10. The largest absolute Gasteiger partial charge is 0.370 e. The highest BCUT2D eigenvalue weighted by Gasteiger charge is 2.11. The Labute approximate surface area is 126 Å². The average molecular weight is 292 g/mol. The molecule has 0 aromatic heterocycles. The van der Waals surface area contributed by atoms with Crippen molar-refractivity contribution >= 4 is 17.7 Å². The number of hydrogen-bond donors (Lipinski definition) is 1. The van der Waals surface area contributed by atoms with Crippen LogP contribution in [0.3, 0.4) is 0 Å². The lowest BCUT2D eigenvalue weighted by molar-refractivity contribution is 0.402. The third-order valence-electron chi connectivity index (χ3n) is 3.25. The van der Waals surface area contributed by atoms with E-state index < -0.39 is 0 Å². The van der Waals surface area contributed by atoms with Crippen molar-refractivity contribution < 1.29 is 0 Å². The highest BCUT2D eigenvalue weighted by molar-refractivity contribution is 7.99. The Hall–Kier alpha value is -1.20. The Balaban J connectivity index is 1.95. The van der Waals surface area contributed by atoms with E-state index in [9.17, 15) is 0 Å². The summed E-state index contributed by atoms with van der Waals surface area (Å²) < 4.78 is 0. The van der Waals surface area contributed by atoms with Crippen LogP contribution in [0.1, 0.15) is 11.1 Å². The van der Waals surface area contributed by atoms with Gasteiger partial charge in [0.1, 0.15) is 0 Å². The Morgan fingerprint density at radius 2 is 2.00 bits per heavy atom. The summed E-state index contributed by atoms with van der Waals surface area (Å²) in [6, 6.07) is 8.57. The molecule has 1 saturated heterocycles. The van der Waals surface area contributed by atoms with Gasteiger partial charge in [-0.2, -0.15) is 11.8 Å². The van der Waals surface area contributed by atoms with E-state index in [1.165, 1.54) is 11.1 Å². The summed E-state index contributed by atoms with van der Waals surface area (Å²) in [4.78, 5) is 8.89. The molecule has 0 unspecified atom stereocenters. The zero-order valence-electron chi connectivity index (χ0n) is 12.4. The molecule has 110 valence electrons. The fourth-order valence-corrected chi connectivity index (χ4v) is 3.16. The first-order valence-electron chi connectivity index (χ1n) is 7.00. The molecule has 0 atom stereocenters. The first-order chi connectivity index (χ1) is 9.65. The maximum Gasteiger partial charge on any atom is 0.191 e. The third-order valence-corrected chi connectivity index (χ3v) is 4.19. The van der Waals surface area contributed by atoms with E-state index in [1.807, 2.05) is 11.8 Å². The van der Waals surface area contributed by atoms with E-state index in [1.54, 1.807) is 0 Å². The minimum atomic E-state index is 0.663. The molecule has 1 aliphatic heterocycles. The number of guanidine groups is 1. The maximum absolute atomic E-state index is 6.07. The molecule has 4 nitrogen and oxygen atoms in total. The smallest absolute Gasteiger partial charge is 0.191 e. The number of rotatable bonds is 4. The molecule has 0 amide bonds. The Kier molecular flexibility index (Phi) is 5.73. The van der Waals surface area contributed by atoms with Crippen molar-refractivity contribution in [1.29, 1.82) is 0 Å². The molecule has 1 heterocycles. The molecule has 2 N–H and O–H groups in total. The van der Waals surface area contributed by atoms with Gasteiger partial charge < -0.3 is 15.5 Å². The Bertz CT molecular complexity index is 453. The van der Waals surface area contributed by atoms with Gasteiger partial charge in [-0.15, -0.1) is 0 Å². The van der Waals surface area contributed by atoms with E-state index in [0.717, 1.165) is 31.1 Å². The molecule has 0 spiro atoms. The molecule has 2 rings (SSSR count). The summed E-state index contributed by atoms with van der Waals surface area (Å²) in [5.74, 6) is 2.98. The second-order valence-corrected chi connectivity index (χ2v) is 6.56. The van der Waals surface area contributed by atoms with Gasteiger partial charge in [0.15, 0.2) is 5.96 Å². The van der Waals surface area contributed by atoms with Crippen LogP contribution in [0, 0.1) is 0 Å². The quantitative estimate of drug-likeness (QED) is 0.676. The van der Waals surface area contributed by atoms with Gasteiger partial charge in [-0.1, -0.05) is 24.3 Å². The number of aliphatic imine (C=N–C) groups is 1.